The molecule has 8 heteroatoms. The van der Waals surface area contributed by atoms with Gasteiger partial charge in [0.15, 0.2) is 0 Å². The second kappa shape index (κ2) is 11.8. The zero-order valence-corrected chi connectivity index (χ0v) is 23.1. The lowest BCUT2D eigenvalue weighted by molar-refractivity contribution is 0.606. The van der Waals surface area contributed by atoms with Gasteiger partial charge in [0.2, 0.25) is 0 Å². The third-order valence-corrected chi connectivity index (χ3v) is 7.28. The van der Waals surface area contributed by atoms with Crippen LogP contribution in [0.25, 0.3) is 21.8 Å². The molecule has 1 aliphatic rings. The predicted molar refractivity (Wildman–Crippen MR) is 159 cm³/mol. The van der Waals surface area contributed by atoms with Gasteiger partial charge in [0, 0.05) is 61.4 Å². The number of nitrogens with one attached hydrogen (secondary N) is 2. The number of aromatic nitrogens is 4. The van der Waals surface area contributed by atoms with E-state index in [0.29, 0.717) is 11.8 Å². The van der Waals surface area contributed by atoms with Gasteiger partial charge in [-0.05, 0) is 61.1 Å². The first kappa shape index (κ1) is 25.9. The third-order valence-electron chi connectivity index (χ3n) is 7.28. The van der Waals surface area contributed by atoms with Crippen molar-refractivity contribution < 1.29 is 0 Å². The second-order valence-electron chi connectivity index (χ2n) is 11.0. The molecule has 1 aliphatic heterocycles. The molecule has 0 radical (unpaired) electrons. The van der Waals surface area contributed by atoms with Gasteiger partial charge in [-0.15, -0.1) is 0 Å². The highest BCUT2D eigenvalue weighted by Gasteiger charge is 2.19. The van der Waals surface area contributed by atoms with Crippen LogP contribution in [0.5, 0.6) is 0 Å². The highest BCUT2D eigenvalue weighted by Crippen LogP contribution is 2.28. The zero-order chi connectivity index (χ0) is 26.5. The smallest absolute Gasteiger partial charge is 0.137 e. The van der Waals surface area contributed by atoms with E-state index in [2.05, 4.69) is 104 Å². The van der Waals surface area contributed by atoms with Crippen LogP contribution in [0.15, 0.2) is 49.1 Å². The normalized spacial score (nSPS) is 14.2. The van der Waals surface area contributed by atoms with Crippen LogP contribution in [0.3, 0.4) is 0 Å². The van der Waals surface area contributed by atoms with Crippen molar-refractivity contribution in [2.45, 2.75) is 40.5 Å². The van der Waals surface area contributed by atoms with Crippen molar-refractivity contribution in [2.24, 2.45) is 11.8 Å². The largest absolute Gasteiger partial charge is 0.369 e. The molecule has 1 saturated heterocycles. The molecular formula is C30H40N8. The highest BCUT2D eigenvalue weighted by molar-refractivity contribution is 5.92. The van der Waals surface area contributed by atoms with Crippen molar-refractivity contribution in [3.8, 4) is 0 Å². The molecule has 1 fully saturated rings. The highest BCUT2D eigenvalue weighted by atomic mass is 15.3. The average molecular weight is 513 g/mol. The van der Waals surface area contributed by atoms with Gasteiger partial charge in [-0.3, -0.25) is 0 Å². The number of piperazine rings is 1. The van der Waals surface area contributed by atoms with E-state index in [4.69, 9.17) is 0 Å². The SMILES string of the molecule is CC(C)CCNc1ncnc2cc(N3CCN(c4ccc5c(NCCC(C)C)ncnc5c4)CC3)ccc12. The Morgan fingerprint density at radius 1 is 0.632 bits per heavy atom. The minimum Gasteiger partial charge on any atom is -0.369 e. The molecule has 2 N–H and O–H groups in total. The second-order valence-corrected chi connectivity index (χ2v) is 11.0. The van der Waals surface area contributed by atoms with Crippen LogP contribution in [0.4, 0.5) is 23.0 Å². The maximum Gasteiger partial charge on any atom is 0.137 e. The molecule has 2 aromatic heterocycles. The van der Waals surface area contributed by atoms with E-state index in [9.17, 15) is 0 Å². The maximum absolute atomic E-state index is 4.56. The molecule has 0 spiro atoms. The monoisotopic (exact) mass is 512 g/mol. The van der Waals surface area contributed by atoms with Crippen LogP contribution in [-0.4, -0.2) is 59.2 Å². The van der Waals surface area contributed by atoms with E-state index >= 15 is 0 Å². The molecule has 0 atom stereocenters. The standard InChI is InChI=1S/C30H40N8/c1-21(2)9-11-31-29-25-7-5-23(17-27(25)33-19-35-29)37-13-15-38(16-14-37)24-6-8-26-28(18-24)34-20-36-30(26)32-12-10-22(3)4/h5-8,17-22H,9-16H2,1-4H3,(H,31,33,35)(H,32,34,36). The van der Waals surface area contributed by atoms with Crippen molar-refractivity contribution in [2.75, 3.05) is 59.7 Å². The Balaban J connectivity index is 1.24. The lowest BCUT2D eigenvalue weighted by Gasteiger charge is -2.37. The topological polar surface area (TPSA) is 82.1 Å². The predicted octanol–water partition coefficient (Wildman–Crippen LogP) is 5.82. The summed E-state index contributed by atoms with van der Waals surface area (Å²) in [6.07, 6.45) is 5.56. The van der Waals surface area contributed by atoms with Crippen LogP contribution in [0.2, 0.25) is 0 Å². The van der Waals surface area contributed by atoms with E-state index in [1.165, 1.54) is 11.4 Å². The van der Waals surface area contributed by atoms with Crippen molar-refractivity contribution in [3.05, 3.63) is 49.1 Å². The summed E-state index contributed by atoms with van der Waals surface area (Å²) in [5.74, 6) is 3.17. The fraction of sp³-hybridized carbons (Fsp3) is 0.467. The average Bonchev–Trinajstić information content (AvgIpc) is 2.92. The van der Waals surface area contributed by atoms with Crippen LogP contribution in [0.1, 0.15) is 40.5 Å². The number of hydrogen-bond acceptors (Lipinski definition) is 8. The van der Waals surface area contributed by atoms with Crippen molar-refractivity contribution in [1.29, 1.82) is 0 Å². The van der Waals surface area contributed by atoms with Crippen LogP contribution >= 0.6 is 0 Å². The number of rotatable bonds is 10. The molecule has 0 bridgehead atoms. The van der Waals surface area contributed by atoms with Crippen molar-refractivity contribution in [1.82, 2.24) is 19.9 Å². The Hall–Kier alpha value is -3.68. The Morgan fingerprint density at radius 2 is 1.05 bits per heavy atom. The summed E-state index contributed by atoms with van der Waals surface area (Å²) in [5, 5.41) is 9.13. The van der Waals surface area contributed by atoms with Gasteiger partial charge >= 0.3 is 0 Å². The van der Waals surface area contributed by atoms with Crippen molar-refractivity contribution in [3.63, 3.8) is 0 Å². The van der Waals surface area contributed by atoms with Gasteiger partial charge in [-0.25, -0.2) is 19.9 Å². The number of fused-ring (bicyclic) bond motifs is 2. The van der Waals surface area contributed by atoms with E-state index in [1.54, 1.807) is 12.7 Å². The Kier molecular flexibility index (Phi) is 8.05. The summed E-state index contributed by atoms with van der Waals surface area (Å²) in [6.45, 7) is 14.6. The van der Waals surface area contributed by atoms with Crippen LogP contribution < -0.4 is 20.4 Å². The minimum atomic E-state index is 0.665. The molecule has 0 saturated carbocycles. The summed E-state index contributed by atoms with van der Waals surface area (Å²) >= 11 is 0. The fourth-order valence-corrected chi connectivity index (χ4v) is 4.95. The van der Waals surface area contributed by atoms with Gasteiger partial charge in [0.05, 0.1) is 11.0 Å². The lowest BCUT2D eigenvalue weighted by Crippen LogP contribution is -2.46. The first-order valence-corrected chi connectivity index (χ1v) is 13.9. The molecule has 0 unspecified atom stereocenters. The summed E-state index contributed by atoms with van der Waals surface area (Å²) < 4.78 is 0. The van der Waals surface area contributed by atoms with Crippen molar-refractivity contribution >= 4 is 44.8 Å². The van der Waals surface area contributed by atoms with E-state index in [0.717, 1.165) is 85.6 Å². The van der Waals surface area contributed by atoms with Crippen LogP contribution in [-0.2, 0) is 0 Å². The zero-order valence-electron chi connectivity index (χ0n) is 23.1. The first-order chi connectivity index (χ1) is 18.5. The first-order valence-electron chi connectivity index (χ1n) is 13.9. The number of nitrogens with zero attached hydrogens (tertiary/aromatic N) is 6. The van der Waals surface area contributed by atoms with Gasteiger partial charge < -0.3 is 20.4 Å². The van der Waals surface area contributed by atoms with Gasteiger partial charge in [0.25, 0.3) is 0 Å². The number of anilines is 4. The molecule has 8 nitrogen and oxygen atoms in total. The molecule has 3 heterocycles. The molecule has 0 aliphatic carbocycles. The quantitative estimate of drug-likeness (QED) is 0.275. The van der Waals surface area contributed by atoms with Gasteiger partial charge in [0.1, 0.15) is 24.3 Å². The summed E-state index contributed by atoms with van der Waals surface area (Å²) in [7, 11) is 0. The van der Waals surface area contributed by atoms with Crippen LogP contribution in [0, 0.1) is 11.8 Å². The summed E-state index contributed by atoms with van der Waals surface area (Å²) in [5.41, 5.74) is 4.40. The summed E-state index contributed by atoms with van der Waals surface area (Å²) in [6, 6.07) is 13.1. The van der Waals surface area contributed by atoms with Gasteiger partial charge in [-0.2, -0.15) is 0 Å². The maximum atomic E-state index is 4.56. The Bertz CT molecular complexity index is 1260. The number of hydrogen-bond donors (Lipinski definition) is 2. The molecular weight excluding hydrogens is 472 g/mol. The fourth-order valence-electron chi connectivity index (χ4n) is 4.95. The Labute approximate surface area is 225 Å². The van der Waals surface area contributed by atoms with E-state index in [1.807, 2.05) is 0 Å². The molecule has 5 rings (SSSR count). The molecule has 4 aromatic rings. The molecule has 2 aromatic carbocycles. The minimum absolute atomic E-state index is 0.665. The lowest BCUT2D eigenvalue weighted by atomic mass is 10.1. The summed E-state index contributed by atoms with van der Waals surface area (Å²) in [4.78, 5) is 23.0. The molecule has 38 heavy (non-hydrogen) atoms. The molecule has 0 amide bonds. The van der Waals surface area contributed by atoms with Gasteiger partial charge in [-0.1, -0.05) is 27.7 Å². The molecule has 200 valence electrons. The van der Waals surface area contributed by atoms with E-state index in [-0.39, 0.29) is 0 Å². The Morgan fingerprint density at radius 3 is 1.45 bits per heavy atom. The number of benzene rings is 2. The third kappa shape index (κ3) is 6.06. The van der Waals surface area contributed by atoms with E-state index < -0.39 is 0 Å².